The predicted octanol–water partition coefficient (Wildman–Crippen LogP) is 4.88. The molecule has 1 atom stereocenters. The van der Waals surface area contributed by atoms with E-state index in [0.29, 0.717) is 5.69 Å². The summed E-state index contributed by atoms with van der Waals surface area (Å²) in [6, 6.07) is 24.6. The Bertz CT molecular complexity index is 920. The first-order valence-electron chi connectivity index (χ1n) is 9.34. The second-order valence-corrected chi connectivity index (χ2v) is 8.66. The van der Waals surface area contributed by atoms with E-state index in [9.17, 15) is 9.59 Å². The van der Waals surface area contributed by atoms with Crippen LogP contribution in [0.5, 0.6) is 0 Å². The largest absolute Gasteiger partial charge is 0.399 e. The quantitative estimate of drug-likeness (QED) is 0.265. The maximum Gasteiger partial charge on any atom is 0.261 e. The van der Waals surface area contributed by atoms with Gasteiger partial charge in [-0.25, -0.2) is 0 Å². The summed E-state index contributed by atoms with van der Waals surface area (Å²) in [5.41, 5.74) is 13.5. The summed E-state index contributed by atoms with van der Waals surface area (Å²) < 4.78 is 4.78. The number of nitrogens with one attached hydrogen (secondary N) is 1. The number of ketones is 1. The normalized spacial score (nSPS) is 11.0. The fourth-order valence-corrected chi connectivity index (χ4v) is 4.26. The minimum absolute atomic E-state index is 0.314. The Labute approximate surface area is 190 Å². The number of para-hydroxylation sites is 1. The van der Waals surface area contributed by atoms with Gasteiger partial charge >= 0.3 is 0 Å². The van der Waals surface area contributed by atoms with Gasteiger partial charge in [0, 0.05) is 34.0 Å². The van der Waals surface area contributed by atoms with Gasteiger partial charge in [0.2, 0.25) is 0 Å². The van der Waals surface area contributed by atoms with E-state index in [1.54, 1.807) is 45.9 Å². The van der Waals surface area contributed by atoms with Crippen LogP contribution in [0.1, 0.15) is 6.92 Å². The van der Waals surface area contributed by atoms with Crippen molar-refractivity contribution in [2.24, 2.45) is 0 Å². The highest BCUT2D eigenvalue weighted by Crippen LogP contribution is 2.37. The molecule has 0 fully saturated rings. The third-order valence-electron chi connectivity index (χ3n) is 3.88. The highest BCUT2D eigenvalue weighted by molar-refractivity contribution is 8.76. The van der Waals surface area contributed by atoms with E-state index in [1.807, 2.05) is 54.6 Å². The minimum atomic E-state index is -1.04. The van der Waals surface area contributed by atoms with Crippen LogP contribution >= 0.6 is 21.6 Å². The van der Waals surface area contributed by atoms with Gasteiger partial charge in [-0.3, -0.25) is 9.59 Å². The van der Waals surface area contributed by atoms with Crippen LogP contribution in [0.15, 0.2) is 88.7 Å². The summed E-state index contributed by atoms with van der Waals surface area (Å²) >= 11 is 0. The molecular formula is C23H25N3O3S2. The molecule has 0 aromatic heterocycles. The van der Waals surface area contributed by atoms with Gasteiger partial charge in [0.1, 0.15) is 0 Å². The van der Waals surface area contributed by atoms with Crippen molar-refractivity contribution in [1.29, 1.82) is 0 Å². The van der Waals surface area contributed by atoms with Crippen molar-refractivity contribution in [2.75, 3.05) is 23.9 Å². The van der Waals surface area contributed by atoms with E-state index in [1.165, 1.54) is 23.8 Å². The highest BCUT2D eigenvalue weighted by Gasteiger charge is 2.22. The van der Waals surface area contributed by atoms with Gasteiger partial charge < -0.3 is 21.5 Å². The number of nitrogens with two attached hydrogens (primary N) is 2. The van der Waals surface area contributed by atoms with Crippen molar-refractivity contribution in [2.45, 2.75) is 22.8 Å². The molecule has 0 heterocycles. The first-order valence-corrected chi connectivity index (χ1v) is 11.5. The molecule has 1 unspecified atom stereocenters. The standard InChI is InChI=1S/C12H12N2S2.C11H13NO3/c13-9-1-5-11(6-2-9)15-16-12-7-3-10(14)4-8-12;1-8(13)10(15-2)11(14)12-9-6-4-3-5-7-9/h1-8H,13-14H2;3-7,10H,1-2H3,(H,12,14). The Morgan fingerprint density at radius 1 is 0.806 bits per heavy atom. The van der Waals surface area contributed by atoms with Crippen LogP contribution in [-0.2, 0) is 14.3 Å². The second-order valence-electron chi connectivity index (χ2n) is 6.39. The Morgan fingerprint density at radius 2 is 1.26 bits per heavy atom. The number of amides is 1. The molecule has 3 aromatic carbocycles. The molecule has 0 aliphatic carbocycles. The summed E-state index contributed by atoms with van der Waals surface area (Å²) in [6.07, 6.45) is -1.04. The lowest BCUT2D eigenvalue weighted by Gasteiger charge is -2.11. The molecule has 8 heteroatoms. The molecule has 3 aromatic rings. The molecule has 0 saturated heterocycles. The molecule has 5 N–H and O–H groups in total. The summed E-state index contributed by atoms with van der Waals surface area (Å²) in [5.74, 6) is -0.762. The number of nitrogen functional groups attached to an aromatic ring is 2. The number of carbonyl (C=O) groups is 2. The SMILES string of the molecule is COC(C(C)=O)C(=O)Nc1ccccc1.Nc1ccc(SSc2ccc(N)cc2)cc1. The second kappa shape index (κ2) is 12.7. The van der Waals surface area contributed by atoms with Crippen molar-refractivity contribution in [3.05, 3.63) is 78.9 Å². The summed E-state index contributed by atoms with van der Waals surface area (Å²) in [7, 11) is 4.75. The van der Waals surface area contributed by atoms with Crippen molar-refractivity contribution in [3.63, 3.8) is 0 Å². The fraction of sp³-hybridized carbons (Fsp3) is 0.130. The Kier molecular flexibility index (Phi) is 9.96. The zero-order valence-electron chi connectivity index (χ0n) is 17.3. The third-order valence-corrected chi connectivity index (χ3v) is 6.30. The summed E-state index contributed by atoms with van der Waals surface area (Å²) in [6.45, 7) is 1.32. The van der Waals surface area contributed by atoms with Gasteiger partial charge in [0.25, 0.3) is 5.91 Å². The van der Waals surface area contributed by atoms with Crippen molar-refractivity contribution in [1.82, 2.24) is 0 Å². The van der Waals surface area contributed by atoms with Gasteiger partial charge in [0.15, 0.2) is 11.9 Å². The van der Waals surface area contributed by atoms with E-state index in [2.05, 4.69) is 5.32 Å². The Hall–Kier alpha value is -2.94. The zero-order valence-corrected chi connectivity index (χ0v) is 18.9. The minimum Gasteiger partial charge on any atom is -0.399 e. The molecule has 0 aliphatic rings. The molecule has 31 heavy (non-hydrogen) atoms. The lowest BCUT2D eigenvalue weighted by Crippen LogP contribution is -2.35. The number of methoxy groups -OCH3 is 1. The van der Waals surface area contributed by atoms with Crippen LogP contribution in [0.2, 0.25) is 0 Å². The van der Waals surface area contributed by atoms with E-state index in [-0.39, 0.29) is 5.78 Å². The van der Waals surface area contributed by atoms with Gasteiger partial charge in [-0.15, -0.1) is 0 Å². The molecule has 3 rings (SSSR count). The van der Waals surface area contributed by atoms with Crippen LogP contribution in [0, 0.1) is 0 Å². The molecule has 0 bridgehead atoms. The van der Waals surface area contributed by atoms with Crippen molar-refractivity contribution >= 4 is 50.3 Å². The lowest BCUT2D eigenvalue weighted by molar-refractivity contribution is -0.137. The first-order chi connectivity index (χ1) is 14.9. The van der Waals surface area contributed by atoms with Crippen molar-refractivity contribution < 1.29 is 14.3 Å². The van der Waals surface area contributed by atoms with Crippen LogP contribution in [0.4, 0.5) is 17.1 Å². The van der Waals surface area contributed by atoms with Crippen molar-refractivity contribution in [3.8, 4) is 0 Å². The number of anilines is 3. The van der Waals surface area contributed by atoms with E-state index in [4.69, 9.17) is 16.2 Å². The van der Waals surface area contributed by atoms with Crippen LogP contribution in [-0.4, -0.2) is 24.9 Å². The lowest BCUT2D eigenvalue weighted by atomic mass is 10.2. The zero-order chi connectivity index (χ0) is 22.6. The smallest absolute Gasteiger partial charge is 0.261 e. The predicted molar refractivity (Wildman–Crippen MR) is 130 cm³/mol. The molecule has 0 radical (unpaired) electrons. The van der Waals surface area contributed by atoms with Crippen LogP contribution in [0.3, 0.4) is 0 Å². The number of benzene rings is 3. The molecule has 0 spiro atoms. The average molecular weight is 456 g/mol. The molecule has 162 valence electrons. The number of carbonyl (C=O) groups excluding carboxylic acids is 2. The average Bonchev–Trinajstić information content (AvgIpc) is 2.76. The molecule has 1 amide bonds. The maximum atomic E-state index is 11.5. The fourth-order valence-electron chi connectivity index (χ4n) is 2.33. The number of hydrogen-bond donors (Lipinski definition) is 3. The molecule has 0 aliphatic heterocycles. The van der Waals surface area contributed by atoms with E-state index < -0.39 is 12.0 Å². The topological polar surface area (TPSA) is 107 Å². The van der Waals surface area contributed by atoms with Gasteiger partial charge in [0.05, 0.1) is 0 Å². The number of rotatable bonds is 7. The van der Waals surface area contributed by atoms with Gasteiger partial charge in [-0.1, -0.05) is 39.8 Å². The number of ether oxygens (including phenoxy) is 1. The highest BCUT2D eigenvalue weighted by atomic mass is 33.1. The monoisotopic (exact) mass is 455 g/mol. The maximum absolute atomic E-state index is 11.5. The van der Waals surface area contributed by atoms with Crippen LogP contribution in [0.25, 0.3) is 0 Å². The molecule has 6 nitrogen and oxygen atoms in total. The van der Waals surface area contributed by atoms with Gasteiger partial charge in [-0.2, -0.15) is 0 Å². The Morgan fingerprint density at radius 3 is 1.65 bits per heavy atom. The number of Topliss-reactive ketones (excluding diaryl/α,β-unsaturated/α-hetero) is 1. The first kappa shape index (κ1) is 24.3. The number of hydrogen-bond acceptors (Lipinski definition) is 7. The summed E-state index contributed by atoms with van der Waals surface area (Å²) in [4.78, 5) is 24.9. The summed E-state index contributed by atoms with van der Waals surface area (Å²) in [5, 5.41) is 2.59. The Balaban J connectivity index is 0.000000221. The van der Waals surface area contributed by atoms with Gasteiger partial charge in [-0.05, 0) is 67.6 Å². The molecular weight excluding hydrogens is 430 g/mol. The third kappa shape index (κ3) is 8.75. The van der Waals surface area contributed by atoms with Crippen LogP contribution < -0.4 is 16.8 Å². The molecule has 0 saturated carbocycles. The van der Waals surface area contributed by atoms with E-state index >= 15 is 0 Å². The van der Waals surface area contributed by atoms with E-state index in [0.717, 1.165) is 11.4 Å².